The van der Waals surface area contributed by atoms with E-state index in [0.29, 0.717) is 18.1 Å². The minimum absolute atomic E-state index is 0.117. The zero-order valence-corrected chi connectivity index (χ0v) is 13.6. The molecule has 0 aliphatic carbocycles. The molecule has 0 bridgehead atoms. The lowest BCUT2D eigenvalue weighted by Crippen LogP contribution is -2.39. The number of anilines is 1. The van der Waals surface area contributed by atoms with Gasteiger partial charge in [-0.25, -0.2) is 4.79 Å². The van der Waals surface area contributed by atoms with Crippen molar-refractivity contribution in [2.45, 2.75) is 26.1 Å². The van der Waals surface area contributed by atoms with Crippen molar-refractivity contribution in [3.05, 3.63) is 29.8 Å². The van der Waals surface area contributed by atoms with Crippen LogP contribution in [0.25, 0.3) is 0 Å². The molecule has 0 atom stereocenters. The maximum Gasteiger partial charge on any atom is 0.338 e. The fourth-order valence-corrected chi connectivity index (χ4v) is 2.93. The van der Waals surface area contributed by atoms with E-state index >= 15 is 0 Å². The number of piperidine rings is 1. The molecule has 0 amide bonds. The van der Waals surface area contributed by atoms with Crippen LogP contribution in [0.2, 0.25) is 0 Å². The van der Waals surface area contributed by atoms with Crippen LogP contribution in [0.3, 0.4) is 0 Å². The molecule has 1 fully saturated rings. The number of methoxy groups -OCH3 is 2. The minimum Gasteiger partial charge on any atom is -0.462 e. The van der Waals surface area contributed by atoms with Crippen LogP contribution >= 0.6 is 0 Å². The molecule has 0 aromatic heterocycles. The van der Waals surface area contributed by atoms with E-state index in [1.807, 2.05) is 31.2 Å². The minimum atomic E-state index is -0.268. The Bertz CT molecular complexity index is 462. The lowest BCUT2D eigenvalue weighted by Gasteiger charge is -2.36. The van der Waals surface area contributed by atoms with Gasteiger partial charge in [-0.3, -0.25) is 0 Å². The van der Waals surface area contributed by atoms with Gasteiger partial charge in [-0.1, -0.05) is 0 Å². The molecule has 1 heterocycles. The molecule has 0 spiro atoms. The van der Waals surface area contributed by atoms with Gasteiger partial charge >= 0.3 is 5.97 Å². The second-order valence-electron chi connectivity index (χ2n) is 5.43. The van der Waals surface area contributed by atoms with E-state index < -0.39 is 0 Å². The number of rotatable bonds is 6. The highest BCUT2D eigenvalue weighted by Crippen LogP contribution is 2.26. The summed E-state index contributed by atoms with van der Waals surface area (Å²) < 4.78 is 15.7. The van der Waals surface area contributed by atoms with Gasteiger partial charge in [0, 0.05) is 38.9 Å². The largest absolute Gasteiger partial charge is 0.462 e. The second kappa shape index (κ2) is 8.15. The van der Waals surface area contributed by atoms with E-state index in [9.17, 15) is 4.79 Å². The lowest BCUT2D eigenvalue weighted by atomic mass is 9.95. The Balaban J connectivity index is 1.93. The van der Waals surface area contributed by atoms with Gasteiger partial charge in [0.2, 0.25) is 0 Å². The summed E-state index contributed by atoms with van der Waals surface area (Å²) in [6.45, 7) is 4.14. The highest BCUT2D eigenvalue weighted by atomic mass is 16.7. The third kappa shape index (κ3) is 3.99. The van der Waals surface area contributed by atoms with Crippen LogP contribution in [0.5, 0.6) is 0 Å². The summed E-state index contributed by atoms with van der Waals surface area (Å²) in [5.41, 5.74) is 1.73. The van der Waals surface area contributed by atoms with E-state index in [1.165, 1.54) is 0 Å². The smallest absolute Gasteiger partial charge is 0.338 e. The number of esters is 1. The molecule has 1 aromatic carbocycles. The Kier molecular flexibility index (Phi) is 6.21. The summed E-state index contributed by atoms with van der Waals surface area (Å²) in [6, 6.07) is 7.62. The number of carbonyl (C=O) groups is 1. The monoisotopic (exact) mass is 307 g/mol. The number of hydrogen-bond acceptors (Lipinski definition) is 5. The molecule has 1 aliphatic rings. The van der Waals surface area contributed by atoms with Crippen LogP contribution in [0.4, 0.5) is 5.69 Å². The summed E-state index contributed by atoms with van der Waals surface area (Å²) >= 11 is 0. The van der Waals surface area contributed by atoms with E-state index in [4.69, 9.17) is 14.2 Å². The Morgan fingerprint density at radius 2 is 1.77 bits per heavy atom. The van der Waals surface area contributed by atoms with Gasteiger partial charge < -0.3 is 19.1 Å². The molecule has 1 aromatic rings. The highest BCUT2D eigenvalue weighted by molar-refractivity contribution is 5.89. The summed E-state index contributed by atoms with van der Waals surface area (Å²) in [6.07, 6.45) is 1.95. The molecule has 0 saturated carbocycles. The van der Waals surface area contributed by atoms with Gasteiger partial charge in [-0.15, -0.1) is 0 Å². The number of nitrogens with zero attached hydrogens (tertiary/aromatic N) is 1. The molecule has 0 unspecified atom stereocenters. The Morgan fingerprint density at radius 1 is 1.18 bits per heavy atom. The number of benzene rings is 1. The van der Waals surface area contributed by atoms with E-state index in [0.717, 1.165) is 31.6 Å². The van der Waals surface area contributed by atoms with Gasteiger partial charge in [0.25, 0.3) is 0 Å². The third-order valence-corrected chi connectivity index (χ3v) is 4.13. The first-order valence-electron chi connectivity index (χ1n) is 7.77. The van der Waals surface area contributed by atoms with Crippen molar-refractivity contribution in [1.82, 2.24) is 0 Å². The van der Waals surface area contributed by atoms with Crippen molar-refractivity contribution in [1.29, 1.82) is 0 Å². The van der Waals surface area contributed by atoms with Crippen molar-refractivity contribution < 1.29 is 19.0 Å². The van der Waals surface area contributed by atoms with Crippen LogP contribution in [0.15, 0.2) is 24.3 Å². The van der Waals surface area contributed by atoms with Crippen molar-refractivity contribution in [2.75, 3.05) is 38.8 Å². The Morgan fingerprint density at radius 3 is 2.27 bits per heavy atom. The normalized spacial score (nSPS) is 16.1. The van der Waals surface area contributed by atoms with Crippen molar-refractivity contribution in [3.63, 3.8) is 0 Å². The molecular formula is C17H25NO4. The zero-order valence-electron chi connectivity index (χ0n) is 13.6. The standard InChI is InChI=1S/C17H25NO4/c1-4-22-16(19)13-5-7-15(8-6-13)18-11-9-14(10-12-18)17(20-2)21-3/h5-8,14,17H,4,9-12H2,1-3H3. The molecule has 1 aliphatic heterocycles. The zero-order chi connectivity index (χ0) is 15.9. The lowest BCUT2D eigenvalue weighted by molar-refractivity contribution is -0.141. The quantitative estimate of drug-likeness (QED) is 0.597. The van der Waals surface area contributed by atoms with Gasteiger partial charge in [-0.05, 0) is 44.0 Å². The molecule has 0 N–H and O–H groups in total. The SMILES string of the molecule is CCOC(=O)c1ccc(N2CCC(C(OC)OC)CC2)cc1. The number of carbonyl (C=O) groups excluding carboxylic acids is 1. The summed E-state index contributed by atoms with van der Waals surface area (Å²) in [5, 5.41) is 0. The van der Waals surface area contributed by atoms with Gasteiger partial charge in [0.15, 0.2) is 6.29 Å². The molecule has 2 rings (SSSR count). The van der Waals surface area contributed by atoms with E-state index in [1.54, 1.807) is 14.2 Å². The second-order valence-corrected chi connectivity index (χ2v) is 5.43. The molecular weight excluding hydrogens is 282 g/mol. The molecule has 5 nitrogen and oxygen atoms in total. The van der Waals surface area contributed by atoms with Crippen LogP contribution in [-0.4, -0.2) is 46.2 Å². The van der Waals surface area contributed by atoms with Gasteiger partial charge in [0.1, 0.15) is 0 Å². The van der Waals surface area contributed by atoms with E-state index in [2.05, 4.69) is 4.90 Å². The predicted octanol–water partition coefficient (Wildman–Crippen LogP) is 2.70. The van der Waals surface area contributed by atoms with Gasteiger partial charge in [0.05, 0.1) is 12.2 Å². The van der Waals surface area contributed by atoms with Crippen molar-refractivity contribution in [2.24, 2.45) is 5.92 Å². The maximum absolute atomic E-state index is 11.7. The summed E-state index contributed by atoms with van der Waals surface area (Å²) in [7, 11) is 3.38. The first-order valence-corrected chi connectivity index (χ1v) is 7.77. The van der Waals surface area contributed by atoms with Crippen LogP contribution in [0, 0.1) is 5.92 Å². The summed E-state index contributed by atoms with van der Waals surface area (Å²) in [5.74, 6) is 0.167. The molecule has 122 valence electrons. The first-order chi connectivity index (χ1) is 10.7. The summed E-state index contributed by atoms with van der Waals surface area (Å²) in [4.78, 5) is 14.0. The topological polar surface area (TPSA) is 48.0 Å². The fraction of sp³-hybridized carbons (Fsp3) is 0.588. The van der Waals surface area contributed by atoms with Crippen LogP contribution in [-0.2, 0) is 14.2 Å². The van der Waals surface area contributed by atoms with Crippen molar-refractivity contribution >= 4 is 11.7 Å². The maximum atomic E-state index is 11.7. The molecule has 1 saturated heterocycles. The number of ether oxygens (including phenoxy) is 3. The Labute approximate surface area is 132 Å². The first kappa shape index (κ1) is 16.8. The van der Waals surface area contributed by atoms with Crippen LogP contribution < -0.4 is 4.90 Å². The van der Waals surface area contributed by atoms with Crippen LogP contribution in [0.1, 0.15) is 30.1 Å². The molecule has 5 heteroatoms. The average Bonchev–Trinajstić information content (AvgIpc) is 2.57. The van der Waals surface area contributed by atoms with Gasteiger partial charge in [-0.2, -0.15) is 0 Å². The Hall–Kier alpha value is -1.59. The third-order valence-electron chi connectivity index (χ3n) is 4.13. The molecule has 22 heavy (non-hydrogen) atoms. The average molecular weight is 307 g/mol. The highest BCUT2D eigenvalue weighted by Gasteiger charge is 2.26. The van der Waals surface area contributed by atoms with Crippen molar-refractivity contribution in [3.8, 4) is 0 Å². The molecule has 0 radical (unpaired) electrons. The predicted molar refractivity (Wildman–Crippen MR) is 85.1 cm³/mol. The fourth-order valence-electron chi connectivity index (χ4n) is 2.93. The van der Waals surface area contributed by atoms with E-state index in [-0.39, 0.29) is 12.3 Å². The number of hydrogen-bond donors (Lipinski definition) is 0.